The van der Waals surface area contributed by atoms with Crippen LogP contribution in [0.4, 0.5) is 0 Å². The molecule has 1 aliphatic heterocycles. The highest BCUT2D eigenvalue weighted by molar-refractivity contribution is 7.91. The molecule has 0 spiro atoms. The molecule has 2 aliphatic rings. The molecule has 0 bridgehead atoms. The van der Waals surface area contributed by atoms with E-state index in [2.05, 4.69) is 22.0 Å². The zero-order valence-corrected chi connectivity index (χ0v) is 13.3. The Balaban J connectivity index is 1.51. The molecule has 118 valence electrons. The van der Waals surface area contributed by atoms with Crippen LogP contribution in [0, 0.1) is 5.92 Å². The van der Waals surface area contributed by atoms with Crippen LogP contribution in [0.15, 0.2) is 12.3 Å². The van der Waals surface area contributed by atoms with E-state index in [-0.39, 0.29) is 12.0 Å². The van der Waals surface area contributed by atoms with E-state index in [0.717, 1.165) is 25.0 Å². The lowest BCUT2D eigenvalue weighted by molar-refractivity contribution is 0.447. The Morgan fingerprint density at radius 3 is 2.76 bits per heavy atom. The fraction of sp³-hybridized carbons (Fsp3) is 0.800. The van der Waals surface area contributed by atoms with E-state index in [1.165, 1.54) is 25.7 Å². The summed E-state index contributed by atoms with van der Waals surface area (Å²) in [7, 11) is -2.80. The Kier molecular flexibility index (Phi) is 4.36. The summed E-state index contributed by atoms with van der Waals surface area (Å²) >= 11 is 0. The Morgan fingerprint density at radius 1 is 1.33 bits per heavy atom. The van der Waals surface area contributed by atoms with Gasteiger partial charge in [0, 0.05) is 18.7 Å². The highest BCUT2D eigenvalue weighted by atomic mass is 32.2. The zero-order chi connectivity index (χ0) is 14.9. The number of rotatable bonds is 5. The van der Waals surface area contributed by atoms with Crippen molar-refractivity contribution in [2.24, 2.45) is 11.7 Å². The molecule has 0 aromatic carbocycles. The molecular weight excluding hydrogens is 286 g/mol. The molecule has 1 saturated carbocycles. The number of nitrogens with two attached hydrogens (primary N) is 1. The van der Waals surface area contributed by atoms with E-state index < -0.39 is 9.84 Å². The summed E-state index contributed by atoms with van der Waals surface area (Å²) in [4.78, 5) is 0. The smallest absolute Gasteiger partial charge is 0.150 e. The van der Waals surface area contributed by atoms with Crippen molar-refractivity contribution < 1.29 is 8.42 Å². The van der Waals surface area contributed by atoms with Crippen molar-refractivity contribution in [3.05, 3.63) is 18.0 Å². The molecule has 3 rings (SSSR count). The van der Waals surface area contributed by atoms with Crippen molar-refractivity contribution in [1.29, 1.82) is 0 Å². The molecule has 0 radical (unpaired) electrons. The molecule has 5 nitrogen and oxygen atoms in total. The summed E-state index contributed by atoms with van der Waals surface area (Å²) in [5.74, 6) is 0.889. The fourth-order valence-electron chi connectivity index (χ4n) is 3.70. The Hall–Kier alpha value is -0.880. The van der Waals surface area contributed by atoms with E-state index in [9.17, 15) is 8.42 Å². The molecule has 1 aromatic heterocycles. The molecule has 21 heavy (non-hydrogen) atoms. The number of sulfone groups is 1. The lowest BCUT2D eigenvalue weighted by Gasteiger charge is -2.14. The average Bonchev–Trinajstić information content (AvgIpc) is 3.09. The van der Waals surface area contributed by atoms with Gasteiger partial charge in [0.05, 0.1) is 23.2 Å². The summed E-state index contributed by atoms with van der Waals surface area (Å²) in [5, 5.41) is 4.65. The minimum absolute atomic E-state index is 0.00947. The summed E-state index contributed by atoms with van der Waals surface area (Å²) in [6.07, 6.45) is 9.43. The number of nitrogens with zero attached hydrogens (tertiary/aromatic N) is 2. The third-order valence-electron chi connectivity index (χ3n) is 4.80. The van der Waals surface area contributed by atoms with Crippen LogP contribution in [-0.4, -0.2) is 35.7 Å². The minimum atomic E-state index is -2.80. The molecule has 1 saturated heterocycles. The van der Waals surface area contributed by atoms with Gasteiger partial charge in [0.2, 0.25) is 0 Å². The Morgan fingerprint density at radius 2 is 2.10 bits per heavy atom. The molecule has 2 heterocycles. The summed E-state index contributed by atoms with van der Waals surface area (Å²) < 4.78 is 25.0. The first-order chi connectivity index (χ1) is 10.0. The van der Waals surface area contributed by atoms with E-state index in [1.54, 1.807) is 0 Å². The van der Waals surface area contributed by atoms with Gasteiger partial charge < -0.3 is 5.73 Å². The molecule has 2 N–H and O–H groups in total. The number of aromatic nitrogens is 2. The predicted molar refractivity (Wildman–Crippen MR) is 82.8 cm³/mol. The van der Waals surface area contributed by atoms with Gasteiger partial charge in [-0.15, -0.1) is 0 Å². The maximum absolute atomic E-state index is 11.5. The minimum Gasteiger partial charge on any atom is -0.327 e. The fourth-order valence-corrected chi connectivity index (χ4v) is 5.58. The Labute approximate surface area is 126 Å². The molecule has 1 aliphatic carbocycles. The highest BCUT2D eigenvalue weighted by Crippen LogP contribution is 2.29. The van der Waals surface area contributed by atoms with Gasteiger partial charge in [0.15, 0.2) is 9.84 Å². The summed E-state index contributed by atoms with van der Waals surface area (Å²) in [6, 6.07) is 2.63. The van der Waals surface area contributed by atoms with Gasteiger partial charge >= 0.3 is 0 Å². The average molecular weight is 311 g/mol. The van der Waals surface area contributed by atoms with Crippen LogP contribution in [0.1, 0.15) is 50.3 Å². The topological polar surface area (TPSA) is 78.0 Å². The van der Waals surface area contributed by atoms with Gasteiger partial charge in [0.25, 0.3) is 0 Å². The number of hydrogen-bond donors (Lipinski definition) is 1. The maximum Gasteiger partial charge on any atom is 0.150 e. The molecule has 6 heteroatoms. The second kappa shape index (κ2) is 6.08. The van der Waals surface area contributed by atoms with Crippen LogP contribution in [0.2, 0.25) is 0 Å². The van der Waals surface area contributed by atoms with Crippen molar-refractivity contribution in [2.45, 2.75) is 57.0 Å². The second-order valence-electron chi connectivity index (χ2n) is 6.69. The van der Waals surface area contributed by atoms with Gasteiger partial charge in [-0.1, -0.05) is 12.8 Å². The lowest BCUT2D eigenvalue weighted by Crippen LogP contribution is -2.27. The molecule has 0 amide bonds. The standard InChI is InChI=1S/C15H25N3O2S/c16-13(9-12-6-8-21(19,20)11-12)10-14-5-7-18(17-14)15-3-1-2-4-15/h5,7,12-13,15H,1-4,6,8-11,16H2. The van der Waals surface area contributed by atoms with Crippen molar-refractivity contribution in [3.8, 4) is 0 Å². The van der Waals surface area contributed by atoms with Crippen LogP contribution in [0.5, 0.6) is 0 Å². The first kappa shape index (κ1) is 15.0. The monoisotopic (exact) mass is 311 g/mol. The zero-order valence-electron chi connectivity index (χ0n) is 12.4. The maximum atomic E-state index is 11.5. The van der Waals surface area contributed by atoms with E-state index in [0.29, 0.717) is 17.5 Å². The van der Waals surface area contributed by atoms with Crippen LogP contribution < -0.4 is 5.73 Å². The highest BCUT2D eigenvalue weighted by Gasteiger charge is 2.29. The first-order valence-corrected chi connectivity index (χ1v) is 9.84. The summed E-state index contributed by atoms with van der Waals surface area (Å²) in [6.45, 7) is 0. The molecule has 2 fully saturated rings. The van der Waals surface area contributed by atoms with Crippen molar-refractivity contribution >= 4 is 9.84 Å². The van der Waals surface area contributed by atoms with Crippen LogP contribution in [-0.2, 0) is 16.3 Å². The van der Waals surface area contributed by atoms with Gasteiger partial charge in [0.1, 0.15) is 0 Å². The van der Waals surface area contributed by atoms with E-state index in [1.807, 2.05) is 0 Å². The van der Waals surface area contributed by atoms with Crippen molar-refractivity contribution in [1.82, 2.24) is 9.78 Å². The molecular formula is C15H25N3O2S. The third kappa shape index (κ3) is 3.86. The SMILES string of the molecule is NC(Cc1ccn(C2CCCC2)n1)CC1CCS(=O)(=O)C1. The Bertz CT molecular complexity index is 575. The van der Waals surface area contributed by atoms with Gasteiger partial charge in [-0.2, -0.15) is 5.10 Å². The predicted octanol–water partition coefficient (Wildman–Crippen LogP) is 1.69. The third-order valence-corrected chi connectivity index (χ3v) is 6.63. The van der Waals surface area contributed by atoms with Crippen molar-refractivity contribution in [3.63, 3.8) is 0 Å². The first-order valence-electron chi connectivity index (χ1n) is 8.02. The van der Waals surface area contributed by atoms with E-state index >= 15 is 0 Å². The number of hydrogen-bond acceptors (Lipinski definition) is 4. The molecule has 1 aromatic rings. The van der Waals surface area contributed by atoms with Crippen LogP contribution in [0.3, 0.4) is 0 Å². The largest absolute Gasteiger partial charge is 0.327 e. The van der Waals surface area contributed by atoms with Crippen LogP contribution in [0.25, 0.3) is 0 Å². The van der Waals surface area contributed by atoms with Crippen LogP contribution >= 0.6 is 0 Å². The van der Waals surface area contributed by atoms with Crippen molar-refractivity contribution in [2.75, 3.05) is 11.5 Å². The normalized spacial score (nSPS) is 27.2. The second-order valence-corrected chi connectivity index (χ2v) is 8.92. The molecule has 2 atom stereocenters. The van der Waals surface area contributed by atoms with Gasteiger partial charge in [-0.3, -0.25) is 4.68 Å². The van der Waals surface area contributed by atoms with Gasteiger partial charge in [-0.05, 0) is 37.7 Å². The quantitative estimate of drug-likeness (QED) is 0.897. The van der Waals surface area contributed by atoms with Gasteiger partial charge in [-0.25, -0.2) is 8.42 Å². The molecule has 2 unspecified atom stereocenters. The van der Waals surface area contributed by atoms with E-state index in [4.69, 9.17) is 5.73 Å². The summed E-state index contributed by atoms with van der Waals surface area (Å²) in [5.41, 5.74) is 7.23. The lowest BCUT2D eigenvalue weighted by atomic mass is 9.97.